The van der Waals surface area contributed by atoms with Crippen molar-refractivity contribution in [2.24, 2.45) is 0 Å². The van der Waals surface area contributed by atoms with Gasteiger partial charge in [0.05, 0.1) is 17.2 Å². The Labute approximate surface area is 123 Å². The van der Waals surface area contributed by atoms with E-state index in [-0.39, 0.29) is 5.91 Å². The van der Waals surface area contributed by atoms with Crippen molar-refractivity contribution in [3.63, 3.8) is 0 Å². The molecule has 20 heavy (non-hydrogen) atoms. The minimum Gasteiger partial charge on any atom is -0.379 e. The normalized spacial score (nSPS) is 10.3. The standard InChI is InChI=1S/C15H19N3OS/c1-4-15(19)18-12-6-5-10(2)14(7-12)16-8-13-9-20-11(3)17-13/h5-7,9,16H,4,8H2,1-3H3,(H,18,19). The first-order valence-electron chi connectivity index (χ1n) is 6.64. The van der Waals surface area contributed by atoms with E-state index in [1.54, 1.807) is 11.3 Å². The Kier molecular flexibility index (Phi) is 4.74. The Morgan fingerprint density at radius 1 is 1.35 bits per heavy atom. The Morgan fingerprint density at radius 3 is 2.80 bits per heavy atom. The molecule has 4 nitrogen and oxygen atoms in total. The van der Waals surface area contributed by atoms with Crippen LogP contribution in [0.5, 0.6) is 0 Å². The van der Waals surface area contributed by atoms with E-state index in [1.165, 1.54) is 0 Å². The molecule has 2 rings (SSSR count). The van der Waals surface area contributed by atoms with Gasteiger partial charge in [-0.2, -0.15) is 0 Å². The van der Waals surface area contributed by atoms with E-state index in [0.29, 0.717) is 13.0 Å². The van der Waals surface area contributed by atoms with Gasteiger partial charge >= 0.3 is 0 Å². The van der Waals surface area contributed by atoms with Gasteiger partial charge in [-0.05, 0) is 31.5 Å². The van der Waals surface area contributed by atoms with Crippen LogP contribution in [0.1, 0.15) is 29.6 Å². The number of hydrogen-bond donors (Lipinski definition) is 2. The predicted octanol–water partition coefficient (Wildman–Crippen LogP) is 3.72. The number of nitrogens with zero attached hydrogens (tertiary/aromatic N) is 1. The minimum absolute atomic E-state index is 0.0231. The summed E-state index contributed by atoms with van der Waals surface area (Å²) in [6.45, 7) is 6.57. The van der Waals surface area contributed by atoms with Gasteiger partial charge in [0.1, 0.15) is 0 Å². The summed E-state index contributed by atoms with van der Waals surface area (Å²) in [4.78, 5) is 15.8. The van der Waals surface area contributed by atoms with E-state index in [1.807, 2.05) is 39.0 Å². The largest absolute Gasteiger partial charge is 0.379 e. The zero-order valence-electron chi connectivity index (χ0n) is 12.0. The molecule has 2 aromatic rings. The number of hydrogen-bond acceptors (Lipinski definition) is 4. The van der Waals surface area contributed by atoms with Gasteiger partial charge < -0.3 is 10.6 Å². The molecular weight excluding hydrogens is 270 g/mol. The fraction of sp³-hybridized carbons (Fsp3) is 0.333. The fourth-order valence-electron chi connectivity index (χ4n) is 1.81. The lowest BCUT2D eigenvalue weighted by molar-refractivity contribution is -0.115. The summed E-state index contributed by atoms with van der Waals surface area (Å²) in [5.41, 5.74) is 4.02. The second kappa shape index (κ2) is 6.52. The van der Waals surface area contributed by atoms with E-state index in [2.05, 4.69) is 21.0 Å². The van der Waals surface area contributed by atoms with Gasteiger partial charge in [0.2, 0.25) is 5.91 Å². The Balaban J connectivity index is 2.06. The lowest BCUT2D eigenvalue weighted by atomic mass is 10.1. The number of amides is 1. The molecule has 106 valence electrons. The van der Waals surface area contributed by atoms with Crippen LogP contribution in [0.2, 0.25) is 0 Å². The highest BCUT2D eigenvalue weighted by Gasteiger charge is 2.04. The van der Waals surface area contributed by atoms with Crippen LogP contribution < -0.4 is 10.6 Å². The lowest BCUT2D eigenvalue weighted by Gasteiger charge is -2.11. The molecule has 0 saturated carbocycles. The molecule has 0 fully saturated rings. The number of thiazole rings is 1. The Bertz CT molecular complexity index is 607. The molecule has 0 saturated heterocycles. The summed E-state index contributed by atoms with van der Waals surface area (Å²) in [5.74, 6) is 0.0231. The maximum atomic E-state index is 11.4. The molecule has 0 aliphatic carbocycles. The molecule has 0 radical (unpaired) electrons. The van der Waals surface area contributed by atoms with Crippen molar-refractivity contribution in [2.45, 2.75) is 33.7 Å². The molecule has 5 heteroatoms. The van der Waals surface area contributed by atoms with Crippen LogP contribution in [0, 0.1) is 13.8 Å². The number of rotatable bonds is 5. The molecule has 0 aliphatic rings. The van der Waals surface area contributed by atoms with Crippen LogP contribution in [0.15, 0.2) is 23.6 Å². The zero-order chi connectivity index (χ0) is 14.5. The minimum atomic E-state index is 0.0231. The molecular formula is C15H19N3OS. The van der Waals surface area contributed by atoms with Gasteiger partial charge in [0.15, 0.2) is 0 Å². The highest BCUT2D eigenvalue weighted by Crippen LogP contribution is 2.21. The van der Waals surface area contributed by atoms with Crippen molar-refractivity contribution in [2.75, 3.05) is 10.6 Å². The van der Waals surface area contributed by atoms with E-state index in [0.717, 1.165) is 27.6 Å². The third-order valence-electron chi connectivity index (χ3n) is 2.97. The first-order chi connectivity index (χ1) is 9.58. The summed E-state index contributed by atoms with van der Waals surface area (Å²) in [6.07, 6.45) is 0.481. The van der Waals surface area contributed by atoms with Crippen LogP contribution in [0.25, 0.3) is 0 Å². The van der Waals surface area contributed by atoms with Gasteiger partial charge in [-0.25, -0.2) is 4.98 Å². The number of nitrogens with one attached hydrogen (secondary N) is 2. The van der Waals surface area contributed by atoms with Crippen LogP contribution in [-0.2, 0) is 11.3 Å². The van der Waals surface area contributed by atoms with Gasteiger partial charge in [0.25, 0.3) is 0 Å². The first kappa shape index (κ1) is 14.5. The summed E-state index contributed by atoms with van der Waals surface area (Å²) in [5, 5.41) is 9.36. The van der Waals surface area contributed by atoms with Gasteiger partial charge in [-0.1, -0.05) is 13.0 Å². The number of benzene rings is 1. The average molecular weight is 289 g/mol. The van der Waals surface area contributed by atoms with Crippen molar-refractivity contribution in [3.8, 4) is 0 Å². The summed E-state index contributed by atoms with van der Waals surface area (Å²) in [7, 11) is 0. The van der Waals surface area contributed by atoms with E-state index in [4.69, 9.17) is 0 Å². The SMILES string of the molecule is CCC(=O)Nc1ccc(C)c(NCc2csc(C)n2)c1. The van der Waals surface area contributed by atoms with Crippen molar-refractivity contribution >= 4 is 28.6 Å². The number of aryl methyl sites for hydroxylation is 2. The number of carbonyl (C=O) groups is 1. The maximum absolute atomic E-state index is 11.4. The van der Waals surface area contributed by atoms with Crippen LogP contribution >= 0.6 is 11.3 Å². The summed E-state index contributed by atoms with van der Waals surface area (Å²) < 4.78 is 0. The third-order valence-corrected chi connectivity index (χ3v) is 3.79. The second-order valence-corrected chi connectivity index (χ2v) is 5.71. The summed E-state index contributed by atoms with van der Waals surface area (Å²) >= 11 is 1.65. The molecule has 0 spiro atoms. The predicted molar refractivity (Wildman–Crippen MR) is 84.3 cm³/mol. The molecule has 1 aromatic carbocycles. The van der Waals surface area contributed by atoms with Crippen LogP contribution in [0.3, 0.4) is 0 Å². The monoisotopic (exact) mass is 289 g/mol. The fourth-order valence-corrected chi connectivity index (χ4v) is 2.43. The molecule has 0 bridgehead atoms. The maximum Gasteiger partial charge on any atom is 0.224 e. The molecule has 1 heterocycles. The average Bonchev–Trinajstić information content (AvgIpc) is 2.85. The highest BCUT2D eigenvalue weighted by molar-refractivity contribution is 7.09. The molecule has 0 unspecified atom stereocenters. The summed E-state index contributed by atoms with van der Waals surface area (Å²) in [6, 6.07) is 5.88. The number of anilines is 2. The third kappa shape index (κ3) is 3.81. The van der Waals surface area contributed by atoms with E-state index in [9.17, 15) is 4.79 Å². The van der Waals surface area contributed by atoms with Crippen molar-refractivity contribution < 1.29 is 4.79 Å². The molecule has 2 N–H and O–H groups in total. The topological polar surface area (TPSA) is 54.0 Å². The van der Waals surface area contributed by atoms with Crippen LogP contribution in [-0.4, -0.2) is 10.9 Å². The highest BCUT2D eigenvalue weighted by atomic mass is 32.1. The second-order valence-electron chi connectivity index (χ2n) is 4.64. The van der Waals surface area contributed by atoms with E-state index >= 15 is 0 Å². The van der Waals surface area contributed by atoms with Crippen molar-refractivity contribution in [1.82, 2.24) is 4.98 Å². The Morgan fingerprint density at radius 2 is 2.15 bits per heavy atom. The number of aromatic nitrogens is 1. The molecule has 0 atom stereocenters. The molecule has 1 aromatic heterocycles. The van der Waals surface area contributed by atoms with Gasteiger partial charge in [0, 0.05) is 23.2 Å². The van der Waals surface area contributed by atoms with E-state index < -0.39 is 0 Å². The Hall–Kier alpha value is -1.88. The first-order valence-corrected chi connectivity index (χ1v) is 7.52. The lowest BCUT2D eigenvalue weighted by Crippen LogP contribution is -2.10. The van der Waals surface area contributed by atoms with Crippen LogP contribution in [0.4, 0.5) is 11.4 Å². The molecule has 1 amide bonds. The van der Waals surface area contributed by atoms with Crippen molar-refractivity contribution in [1.29, 1.82) is 0 Å². The van der Waals surface area contributed by atoms with Gasteiger partial charge in [-0.3, -0.25) is 4.79 Å². The smallest absolute Gasteiger partial charge is 0.224 e. The van der Waals surface area contributed by atoms with Gasteiger partial charge in [-0.15, -0.1) is 11.3 Å². The van der Waals surface area contributed by atoms with Crippen molar-refractivity contribution in [3.05, 3.63) is 39.8 Å². The quantitative estimate of drug-likeness (QED) is 0.882. The zero-order valence-corrected chi connectivity index (χ0v) is 12.8. The number of carbonyl (C=O) groups excluding carboxylic acids is 1. The molecule has 0 aliphatic heterocycles.